The number of benzene rings is 1. The van der Waals surface area contributed by atoms with E-state index in [2.05, 4.69) is 16.7 Å². The number of rotatable bonds is 5. The second kappa shape index (κ2) is 6.98. The van der Waals surface area contributed by atoms with Gasteiger partial charge in [0.25, 0.3) is 0 Å². The van der Waals surface area contributed by atoms with Crippen molar-refractivity contribution in [3.63, 3.8) is 0 Å². The van der Waals surface area contributed by atoms with E-state index in [1.165, 1.54) is 19.0 Å². The van der Waals surface area contributed by atoms with Crippen LogP contribution in [0.25, 0.3) is 0 Å². The number of hydrogen-bond donors (Lipinski definition) is 1. The molecule has 1 aliphatic heterocycles. The van der Waals surface area contributed by atoms with Gasteiger partial charge >= 0.3 is 0 Å². The highest BCUT2D eigenvalue weighted by atomic mass is 19.1. The van der Waals surface area contributed by atoms with Gasteiger partial charge < -0.3 is 10.6 Å². The molecule has 0 amide bonds. The molecule has 106 valence electrons. The van der Waals surface area contributed by atoms with Crippen LogP contribution in [0.3, 0.4) is 0 Å². The summed E-state index contributed by atoms with van der Waals surface area (Å²) in [4.78, 5) is 4.93. The molecule has 4 heteroatoms. The lowest BCUT2D eigenvalue weighted by Gasteiger charge is -2.34. The average molecular weight is 265 g/mol. The fourth-order valence-corrected chi connectivity index (χ4v) is 2.67. The highest BCUT2D eigenvalue weighted by Gasteiger charge is 2.17. The van der Waals surface area contributed by atoms with Gasteiger partial charge in [-0.1, -0.05) is 13.0 Å². The lowest BCUT2D eigenvalue weighted by molar-refractivity contribution is 0.127. The molecule has 0 saturated carbocycles. The number of hydrogen-bond acceptors (Lipinski definition) is 3. The quantitative estimate of drug-likeness (QED) is 0.881. The lowest BCUT2D eigenvalue weighted by Crippen LogP contribution is -2.46. The van der Waals surface area contributed by atoms with Gasteiger partial charge in [-0.3, -0.25) is 4.90 Å². The van der Waals surface area contributed by atoms with Crippen LogP contribution >= 0.6 is 0 Å². The lowest BCUT2D eigenvalue weighted by atomic mass is 10.1. The molecule has 3 nitrogen and oxygen atoms in total. The fraction of sp³-hybridized carbons (Fsp3) is 0.600. The first kappa shape index (κ1) is 14.4. The standard InChI is InChI=1S/C15H24FN3/c1-2-5-18-6-8-19(9-7-18)12-13-3-4-15(16)10-14(13)11-17/h3-4,10H,2,5-9,11-12,17H2,1H3. The molecule has 1 aliphatic rings. The molecule has 1 aromatic rings. The summed E-state index contributed by atoms with van der Waals surface area (Å²) in [5, 5.41) is 0. The zero-order chi connectivity index (χ0) is 13.7. The highest BCUT2D eigenvalue weighted by Crippen LogP contribution is 2.15. The van der Waals surface area contributed by atoms with Gasteiger partial charge in [0.15, 0.2) is 0 Å². The molecule has 2 N–H and O–H groups in total. The van der Waals surface area contributed by atoms with Gasteiger partial charge in [0.05, 0.1) is 0 Å². The summed E-state index contributed by atoms with van der Waals surface area (Å²) < 4.78 is 13.2. The Morgan fingerprint density at radius 1 is 1.11 bits per heavy atom. The third-order valence-corrected chi connectivity index (χ3v) is 3.79. The van der Waals surface area contributed by atoms with Crippen LogP contribution in [-0.4, -0.2) is 42.5 Å². The van der Waals surface area contributed by atoms with Crippen molar-refractivity contribution in [1.29, 1.82) is 0 Å². The van der Waals surface area contributed by atoms with Crippen LogP contribution in [0.4, 0.5) is 4.39 Å². The van der Waals surface area contributed by atoms with Crippen molar-refractivity contribution in [3.05, 3.63) is 35.1 Å². The van der Waals surface area contributed by atoms with Crippen LogP contribution in [0.1, 0.15) is 24.5 Å². The minimum Gasteiger partial charge on any atom is -0.326 e. The first-order valence-corrected chi connectivity index (χ1v) is 7.15. The van der Waals surface area contributed by atoms with E-state index in [1.807, 2.05) is 6.07 Å². The fourth-order valence-electron chi connectivity index (χ4n) is 2.67. The molecule has 1 saturated heterocycles. The Kier molecular flexibility index (Phi) is 5.31. The smallest absolute Gasteiger partial charge is 0.123 e. The Morgan fingerprint density at radius 3 is 2.42 bits per heavy atom. The van der Waals surface area contributed by atoms with Gasteiger partial charge in [-0.25, -0.2) is 4.39 Å². The first-order valence-electron chi connectivity index (χ1n) is 7.15. The third-order valence-electron chi connectivity index (χ3n) is 3.79. The minimum absolute atomic E-state index is 0.197. The zero-order valence-corrected chi connectivity index (χ0v) is 11.7. The maximum atomic E-state index is 13.2. The number of nitrogens with zero attached hydrogens (tertiary/aromatic N) is 2. The molecule has 1 heterocycles. The Labute approximate surface area is 115 Å². The molecule has 0 aliphatic carbocycles. The number of nitrogens with two attached hydrogens (primary N) is 1. The van der Waals surface area contributed by atoms with E-state index in [0.29, 0.717) is 6.54 Å². The second-order valence-corrected chi connectivity index (χ2v) is 5.23. The van der Waals surface area contributed by atoms with Crippen molar-refractivity contribution in [2.24, 2.45) is 5.73 Å². The van der Waals surface area contributed by atoms with Crippen molar-refractivity contribution in [2.45, 2.75) is 26.4 Å². The molecule has 1 fully saturated rings. The average Bonchev–Trinajstić information content (AvgIpc) is 2.43. The van der Waals surface area contributed by atoms with Crippen molar-refractivity contribution < 1.29 is 4.39 Å². The summed E-state index contributed by atoms with van der Waals surface area (Å²) >= 11 is 0. The maximum absolute atomic E-state index is 13.2. The number of halogens is 1. The molecule has 2 rings (SSSR count). The summed E-state index contributed by atoms with van der Waals surface area (Å²) in [6.07, 6.45) is 1.22. The van der Waals surface area contributed by atoms with Crippen molar-refractivity contribution >= 4 is 0 Å². The Hall–Kier alpha value is -0.970. The van der Waals surface area contributed by atoms with E-state index in [0.717, 1.165) is 43.9 Å². The van der Waals surface area contributed by atoms with Crippen LogP contribution in [0.5, 0.6) is 0 Å². The van der Waals surface area contributed by atoms with Gasteiger partial charge in [0.2, 0.25) is 0 Å². The molecule has 0 unspecified atom stereocenters. The van der Waals surface area contributed by atoms with E-state index < -0.39 is 0 Å². The van der Waals surface area contributed by atoms with E-state index >= 15 is 0 Å². The van der Waals surface area contributed by atoms with Crippen molar-refractivity contribution in [1.82, 2.24) is 9.80 Å². The normalized spacial score (nSPS) is 17.8. The van der Waals surface area contributed by atoms with E-state index in [1.54, 1.807) is 6.07 Å². The highest BCUT2D eigenvalue weighted by molar-refractivity contribution is 5.27. The molecule has 0 spiro atoms. The van der Waals surface area contributed by atoms with Gasteiger partial charge in [0.1, 0.15) is 5.82 Å². The monoisotopic (exact) mass is 265 g/mol. The van der Waals surface area contributed by atoms with Crippen LogP contribution in [0.2, 0.25) is 0 Å². The predicted octanol–water partition coefficient (Wildman–Crippen LogP) is 1.81. The van der Waals surface area contributed by atoms with Crippen LogP contribution in [0.15, 0.2) is 18.2 Å². The molecule has 0 radical (unpaired) electrons. The summed E-state index contributed by atoms with van der Waals surface area (Å²) in [5.41, 5.74) is 7.78. The van der Waals surface area contributed by atoms with Crippen LogP contribution < -0.4 is 5.73 Å². The van der Waals surface area contributed by atoms with E-state index in [-0.39, 0.29) is 5.82 Å². The molecule has 0 atom stereocenters. The maximum Gasteiger partial charge on any atom is 0.123 e. The number of piperazine rings is 1. The third kappa shape index (κ3) is 4.00. The van der Waals surface area contributed by atoms with Gasteiger partial charge in [-0.05, 0) is 36.2 Å². The van der Waals surface area contributed by atoms with E-state index in [4.69, 9.17) is 5.73 Å². The van der Waals surface area contributed by atoms with Crippen molar-refractivity contribution in [3.8, 4) is 0 Å². The van der Waals surface area contributed by atoms with Crippen molar-refractivity contribution in [2.75, 3.05) is 32.7 Å². The van der Waals surface area contributed by atoms with Gasteiger partial charge in [-0.2, -0.15) is 0 Å². The first-order chi connectivity index (χ1) is 9.22. The predicted molar refractivity (Wildman–Crippen MR) is 76.3 cm³/mol. The topological polar surface area (TPSA) is 32.5 Å². The molecule has 1 aromatic carbocycles. The minimum atomic E-state index is -0.197. The molecular weight excluding hydrogens is 241 g/mol. The zero-order valence-electron chi connectivity index (χ0n) is 11.7. The van der Waals surface area contributed by atoms with E-state index in [9.17, 15) is 4.39 Å². The summed E-state index contributed by atoms with van der Waals surface area (Å²) in [5.74, 6) is -0.197. The molecular formula is C15H24FN3. The van der Waals surface area contributed by atoms with Crippen LogP contribution in [0, 0.1) is 5.82 Å². The Morgan fingerprint density at radius 2 is 1.79 bits per heavy atom. The Bertz CT molecular complexity index is 400. The Balaban J connectivity index is 1.92. The molecule has 0 bridgehead atoms. The molecule has 19 heavy (non-hydrogen) atoms. The van der Waals surface area contributed by atoms with Gasteiger partial charge in [0, 0.05) is 39.3 Å². The second-order valence-electron chi connectivity index (χ2n) is 5.23. The van der Waals surface area contributed by atoms with Gasteiger partial charge in [-0.15, -0.1) is 0 Å². The molecule has 0 aromatic heterocycles. The largest absolute Gasteiger partial charge is 0.326 e. The van der Waals surface area contributed by atoms with Crippen LogP contribution in [-0.2, 0) is 13.1 Å². The summed E-state index contributed by atoms with van der Waals surface area (Å²) in [7, 11) is 0. The summed E-state index contributed by atoms with van der Waals surface area (Å²) in [6, 6.07) is 4.96. The SMILES string of the molecule is CCCN1CCN(Cc2ccc(F)cc2CN)CC1. The summed E-state index contributed by atoms with van der Waals surface area (Å²) in [6.45, 7) is 9.13.